The number of aryl methyl sites for hydroxylation is 1. The van der Waals surface area contributed by atoms with Crippen molar-refractivity contribution in [3.63, 3.8) is 0 Å². The van der Waals surface area contributed by atoms with Crippen LogP contribution in [0.2, 0.25) is 0 Å². The molecule has 2 amide bonds. The molecule has 4 aromatic rings. The van der Waals surface area contributed by atoms with Gasteiger partial charge in [0.1, 0.15) is 17.8 Å². The largest absolute Gasteiger partial charge is 0.465 e. The van der Waals surface area contributed by atoms with Crippen molar-refractivity contribution < 1.29 is 14.0 Å². The predicted molar refractivity (Wildman–Crippen MR) is 131 cm³/mol. The van der Waals surface area contributed by atoms with Crippen LogP contribution >= 0.6 is 0 Å². The van der Waals surface area contributed by atoms with Crippen LogP contribution in [0.4, 0.5) is 5.69 Å². The molecule has 0 saturated carbocycles. The number of anilines is 1. The van der Waals surface area contributed by atoms with Crippen molar-refractivity contribution in [1.29, 1.82) is 0 Å². The predicted octanol–water partition coefficient (Wildman–Crippen LogP) is 4.48. The summed E-state index contributed by atoms with van der Waals surface area (Å²) in [6.07, 6.45) is 1.71. The Labute approximate surface area is 203 Å². The fourth-order valence-electron chi connectivity index (χ4n) is 4.30. The number of benzene rings is 2. The topological polar surface area (TPSA) is 93.3 Å². The van der Waals surface area contributed by atoms with Gasteiger partial charge in [0.25, 0.3) is 11.8 Å². The number of nitrogens with zero attached hydrogens (tertiary/aromatic N) is 4. The van der Waals surface area contributed by atoms with E-state index in [1.54, 1.807) is 34.1 Å². The number of hydrogen-bond acceptors (Lipinski definition) is 5. The van der Waals surface area contributed by atoms with Gasteiger partial charge in [-0.2, -0.15) is 5.10 Å². The normalized spacial score (nSPS) is 14.9. The van der Waals surface area contributed by atoms with Crippen LogP contribution in [-0.4, -0.2) is 33.1 Å². The molecule has 0 saturated heterocycles. The van der Waals surface area contributed by atoms with Crippen LogP contribution in [0.15, 0.2) is 71.4 Å². The Balaban J connectivity index is 1.47. The Kier molecular flexibility index (Phi) is 5.94. The van der Waals surface area contributed by atoms with Crippen molar-refractivity contribution in [2.75, 3.05) is 11.4 Å². The van der Waals surface area contributed by atoms with Gasteiger partial charge in [-0.1, -0.05) is 18.2 Å². The third kappa shape index (κ3) is 4.47. The second-order valence-corrected chi connectivity index (χ2v) is 8.98. The van der Waals surface area contributed by atoms with Crippen LogP contribution in [0.1, 0.15) is 69.4 Å². The second kappa shape index (κ2) is 9.21. The molecule has 8 nitrogen and oxygen atoms in total. The molecule has 8 heteroatoms. The van der Waals surface area contributed by atoms with Crippen LogP contribution in [0.25, 0.3) is 0 Å². The molecule has 0 fully saturated rings. The summed E-state index contributed by atoms with van der Waals surface area (Å²) in [6.45, 7) is 6.64. The van der Waals surface area contributed by atoms with E-state index in [0.717, 1.165) is 17.0 Å². The lowest BCUT2D eigenvalue weighted by Crippen LogP contribution is -2.30. The van der Waals surface area contributed by atoms with Crippen molar-refractivity contribution >= 4 is 17.5 Å². The van der Waals surface area contributed by atoms with E-state index in [9.17, 15) is 9.59 Å². The molecule has 1 aliphatic rings. The minimum absolute atomic E-state index is 0.0944. The number of hydrogen-bond donors (Lipinski definition) is 1. The quantitative estimate of drug-likeness (QED) is 0.449. The third-order valence-electron chi connectivity index (χ3n) is 6.17. The molecule has 1 atom stereocenters. The van der Waals surface area contributed by atoms with Gasteiger partial charge in [0.05, 0.1) is 12.5 Å². The summed E-state index contributed by atoms with van der Waals surface area (Å²) in [5.74, 6) is 1.58. The van der Waals surface area contributed by atoms with Crippen molar-refractivity contribution in [3.8, 4) is 0 Å². The minimum Gasteiger partial charge on any atom is -0.465 e. The third-order valence-corrected chi connectivity index (χ3v) is 6.17. The maximum absolute atomic E-state index is 13.4. The van der Waals surface area contributed by atoms with Gasteiger partial charge in [0.2, 0.25) is 0 Å². The van der Waals surface area contributed by atoms with Gasteiger partial charge < -0.3 is 14.6 Å². The fraction of sp³-hybridized carbons (Fsp3) is 0.259. The van der Waals surface area contributed by atoms with Gasteiger partial charge >= 0.3 is 0 Å². The van der Waals surface area contributed by atoms with E-state index in [1.807, 2.05) is 63.2 Å². The molecular weight excluding hydrogens is 442 g/mol. The summed E-state index contributed by atoms with van der Waals surface area (Å²) in [5.41, 5.74) is 2.74. The maximum atomic E-state index is 13.4. The number of furan rings is 1. The SMILES string of the molecule is Cc1ccc(CNC(=O)c2ccc3c(c2)[C@H](c2ncn(C(C)C)n2)CN3C(=O)c2ccccc2)o1. The molecule has 0 radical (unpaired) electrons. The molecule has 5 rings (SSSR count). The van der Waals surface area contributed by atoms with Crippen molar-refractivity contribution in [3.05, 3.63) is 101 Å². The molecule has 1 N–H and O–H groups in total. The van der Waals surface area contributed by atoms with Crippen LogP contribution < -0.4 is 10.2 Å². The van der Waals surface area contributed by atoms with E-state index in [0.29, 0.717) is 35.8 Å². The molecule has 3 heterocycles. The van der Waals surface area contributed by atoms with Crippen LogP contribution in [-0.2, 0) is 6.54 Å². The average Bonchev–Trinajstić information content (AvgIpc) is 3.60. The average molecular weight is 470 g/mol. The zero-order chi connectivity index (χ0) is 24.5. The molecular formula is C27H27N5O3. The lowest BCUT2D eigenvalue weighted by molar-refractivity contribution is 0.0946. The highest BCUT2D eigenvalue weighted by Gasteiger charge is 2.36. The number of aromatic nitrogens is 3. The summed E-state index contributed by atoms with van der Waals surface area (Å²) >= 11 is 0. The number of rotatable bonds is 6. The highest BCUT2D eigenvalue weighted by Crippen LogP contribution is 2.40. The monoisotopic (exact) mass is 469 g/mol. The first kappa shape index (κ1) is 22.6. The van der Waals surface area contributed by atoms with Crippen molar-refractivity contribution in [2.45, 2.75) is 39.3 Å². The highest BCUT2D eigenvalue weighted by atomic mass is 16.3. The van der Waals surface area contributed by atoms with Gasteiger partial charge in [0.15, 0.2) is 5.82 Å². The molecule has 0 bridgehead atoms. The number of amides is 2. The van der Waals surface area contributed by atoms with Crippen LogP contribution in [0, 0.1) is 6.92 Å². The van der Waals surface area contributed by atoms with Crippen LogP contribution in [0.3, 0.4) is 0 Å². The summed E-state index contributed by atoms with van der Waals surface area (Å²) in [4.78, 5) is 32.6. The number of carbonyl (C=O) groups excluding carboxylic acids is 2. The maximum Gasteiger partial charge on any atom is 0.258 e. The summed E-state index contributed by atoms with van der Waals surface area (Å²) in [6, 6.07) is 18.5. The lowest BCUT2D eigenvalue weighted by atomic mass is 9.98. The Morgan fingerprint density at radius 3 is 2.57 bits per heavy atom. The Morgan fingerprint density at radius 1 is 1.09 bits per heavy atom. The van der Waals surface area contributed by atoms with Gasteiger partial charge in [-0.25, -0.2) is 4.98 Å². The zero-order valence-corrected chi connectivity index (χ0v) is 19.9. The van der Waals surface area contributed by atoms with E-state index in [2.05, 4.69) is 15.4 Å². The highest BCUT2D eigenvalue weighted by molar-refractivity contribution is 6.08. The van der Waals surface area contributed by atoms with Gasteiger partial charge in [-0.15, -0.1) is 0 Å². The fourth-order valence-corrected chi connectivity index (χ4v) is 4.30. The molecule has 2 aromatic carbocycles. The first-order valence-electron chi connectivity index (χ1n) is 11.7. The summed E-state index contributed by atoms with van der Waals surface area (Å²) < 4.78 is 7.35. The van der Waals surface area contributed by atoms with E-state index in [-0.39, 0.29) is 23.8 Å². The van der Waals surface area contributed by atoms with Crippen LogP contribution in [0.5, 0.6) is 0 Å². The van der Waals surface area contributed by atoms with Crippen molar-refractivity contribution in [1.82, 2.24) is 20.1 Å². The zero-order valence-electron chi connectivity index (χ0n) is 19.9. The Bertz CT molecular complexity index is 1370. The Hall–Kier alpha value is -4.20. The van der Waals surface area contributed by atoms with Gasteiger partial charge in [-0.3, -0.25) is 14.3 Å². The smallest absolute Gasteiger partial charge is 0.258 e. The molecule has 0 aliphatic carbocycles. The van der Waals surface area contributed by atoms with Crippen molar-refractivity contribution in [2.24, 2.45) is 0 Å². The van der Waals surface area contributed by atoms with E-state index < -0.39 is 0 Å². The number of fused-ring (bicyclic) bond motifs is 1. The number of carbonyl (C=O) groups is 2. The minimum atomic E-state index is -0.238. The summed E-state index contributed by atoms with van der Waals surface area (Å²) in [5, 5.41) is 7.57. The van der Waals surface area contributed by atoms with E-state index in [1.165, 1.54) is 0 Å². The number of nitrogens with one attached hydrogen (secondary N) is 1. The molecule has 0 unspecified atom stereocenters. The van der Waals surface area contributed by atoms with E-state index >= 15 is 0 Å². The first-order chi connectivity index (χ1) is 16.9. The first-order valence-corrected chi connectivity index (χ1v) is 11.7. The van der Waals surface area contributed by atoms with E-state index in [4.69, 9.17) is 4.42 Å². The summed E-state index contributed by atoms with van der Waals surface area (Å²) in [7, 11) is 0. The van der Waals surface area contributed by atoms with Gasteiger partial charge in [-0.05, 0) is 68.8 Å². The molecule has 1 aliphatic heterocycles. The molecule has 178 valence electrons. The van der Waals surface area contributed by atoms with Gasteiger partial charge in [0, 0.05) is 29.4 Å². The Morgan fingerprint density at radius 2 is 1.89 bits per heavy atom. The second-order valence-electron chi connectivity index (χ2n) is 8.98. The molecule has 2 aromatic heterocycles. The lowest BCUT2D eigenvalue weighted by Gasteiger charge is -2.18. The molecule has 0 spiro atoms. The standard InChI is InChI=1S/C27H27N5O3/c1-17(2)32-16-29-25(30-32)23-15-31(27(34)19-7-5-4-6-8-19)24-12-10-20(13-22(23)24)26(33)28-14-21-11-9-18(3)35-21/h4-13,16-17,23H,14-15H2,1-3H3,(H,28,33)/t23-/m1/s1. The molecule has 35 heavy (non-hydrogen) atoms.